The molecule has 1 aromatic carbocycles. The molecular formula is C22H30N2O2S. The van der Waals surface area contributed by atoms with E-state index in [1.54, 1.807) is 18.4 Å². The fourth-order valence-corrected chi connectivity index (χ4v) is 4.76. The predicted molar refractivity (Wildman–Crippen MR) is 111 cm³/mol. The number of ether oxygens (including phenoxy) is 1. The number of benzene rings is 1. The lowest BCUT2D eigenvalue weighted by Gasteiger charge is -2.39. The minimum Gasteiger partial charge on any atom is -0.497 e. The highest BCUT2D eigenvalue weighted by Crippen LogP contribution is 2.35. The average molecular weight is 387 g/mol. The van der Waals surface area contributed by atoms with Crippen molar-refractivity contribution in [2.75, 3.05) is 27.2 Å². The molecule has 4 nitrogen and oxygen atoms in total. The highest BCUT2D eigenvalue weighted by Gasteiger charge is 2.30. The van der Waals surface area contributed by atoms with Crippen LogP contribution in [0.15, 0.2) is 41.8 Å². The standard InChI is InChI=1S/C22H30N2O2S/c1-24-14-4-6-18(22(24)17-10-12-19(26-2)13-11-17)16-23-21(25)9-3-7-20-8-5-15-27-20/h5,8,10-13,15,18,22H,3-4,6-7,9,14,16H2,1-2H3,(H,23,25). The first-order valence-corrected chi connectivity index (χ1v) is 10.7. The molecule has 1 amide bonds. The van der Waals surface area contributed by atoms with E-state index >= 15 is 0 Å². The first-order valence-electron chi connectivity index (χ1n) is 9.80. The molecule has 0 radical (unpaired) electrons. The van der Waals surface area contributed by atoms with E-state index in [-0.39, 0.29) is 5.91 Å². The van der Waals surface area contributed by atoms with Crippen LogP contribution >= 0.6 is 11.3 Å². The quantitative estimate of drug-likeness (QED) is 0.736. The minimum absolute atomic E-state index is 0.174. The molecule has 146 valence electrons. The van der Waals surface area contributed by atoms with E-state index in [2.05, 4.69) is 46.9 Å². The van der Waals surface area contributed by atoms with Gasteiger partial charge in [0.1, 0.15) is 5.75 Å². The van der Waals surface area contributed by atoms with Crippen LogP contribution in [0.3, 0.4) is 0 Å². The van der Waals surface area contributed by atoms with Crippen molar-refractivity contribution in [3.8, 4) is 5.75 Å². The number of aryl methyl sites for hydroxylation is 1. The van der Waals surface area contributed by atoms with Crippen LogP contribution in [0.25, 0.3) is 0 Å². The van der Waals surface area contributed by atoms with Crippen molar-refractivity contribution >= 4 is 17.2 Å². The Kier molecular flexibility index (Phi) is 7.30. The second kappa shape index (κ2) is 9.90. The predicted octanol–water partition coefficient (Wildman–Crippen LogP) is 4.28. The van der Waals surface area contributed by atoms with Gasteiger partial charge in [-0.3, -0.25) is 9.69 Å². The van der Waals surface area contributed by atoms with Crippen molar-refractivity contribution in [3.63, 3.8) is 0 Å². The summed E-state index contributed by atoms with van der Waals surface area (Å²) in [6.45, 7) is 1.85. The smallest absolute Gasteiger partial charge is 0.220 e. The van der Waals surface area contributed by atoms with Gasteiger partial charge in [0.25, 0.3) is 0 Å². The molecule has 1 aromatic heterocycles. The van der Waals surface area contributed by atoms with E-state index in [0.29, 0.717) is 18.4 Å². The number of hydrogen-bond donors (Lipinski definition) is 1. The number of amides is 1. The topological polar surface area (TPSA) is 41.6 Å². The molecule has 5 heteroatoms. The molecular weight excluding hydrogens is 356 g/mol. The Balaban J connectivity index is 1.52. The zero-order valence-electron chi connectivity index (χ0n) is 16.3. The van der Waals surface area contributed by atoms with Gasteiger partial charge >= 0.3 is 0 Å². The van der Waals surface area contributed by atoms with E-state index in [4.69, 9.17) is 4.74 Å². The maximum atomic E-state index is 12.3. The summed E-state index contributed by atoms with van der Waals surface area (Å²) < 4.78 is 5.28. The Bertz CT molecular complexity index is 700. The molecule has 0 saturated carbocycles. The van der Waals surface area contributed by atoms with Crippen LogP contribution in [0.2, 0.25) is 0 Å². The van der Waals surface area contributed by atoms with E-state index in [0.717, 1.165) is 38.1 Å². The van der Waals surface area contributed by atoms with Gasteiger partial charge in [0, 0.05) is 23.9 Å². The maximum Gasteiger partial charge on any atom is 0.220 e. The number of hydrogen-bond acceptors (Lipinski definition) is 4. The first-order chi connectivity index (χ1) is 13.2. The molecule has 1 aliphatic heterocycles. The average Bonchev–Trinajstić information content (AvgIpc) is 3.20. The Labute approximate surface area is 166 Å². The van der Waals surface area contributed by atoms with Gasteiger partial charge in [-0.25, -0.2) is 0 Å². The molecule has 1 fully saturated rings. The van der Waals surface area contributed by atoms with Crippen LogP contribution in [-0.4, -0.2) is 38.1 Å². The molecule has 2 aromatic rings. The van der Waals surface area contributed by atoms with E-state index in [1.165, 1.54) is 16.9 Å². The van der Waals surface area contributed by atoms with Gasteiger partial charge in [-0.2, -0.15) is 0 Å². The molecule has 27 heavy (non-hydrogen) atoms. The SMILES string of the molecule is COc1ccc(C2C(CNC(=O)CCCc3cccs3)CCCN2C)cc1. The lowest BCUT2D eigenvalue weighted by atomic mass is 9.85. The second-order valence-corrected chi connectivity index (χ2v) is 8.37. The fraction of sp³-hybridized carbons (Fsp3) is 0.500. The number of methoxy groups -OCH3 is 1. The van der Waals surface area contributed by atoms with Crippen LogP contribution in [-0.2, 0) is 11.2 Å². The molecule has 3 rings (SSSR count). The van der Waals surface area contributed by atoms with Gasteiger partial charge in [-0.05, 0) is 74.3 Å². The number of piperidine rings is 1. The van der Waals surface area contributed by atoms with Gasteiger partial charge in [0.2, 0.25) is 5.91 Å². The fourth-order valence-electron chi connectivity index (χ4n) is 4.01. The lowest BCUT2D eigenvalue weighted by Crippen LogP contribution is -2.41. The zero-order chi connectivity index (χ0) is 19.1. The van der Waals surface area contributed by atoms with Gasteiger partial charge in [0.05, 0.1) is 7.11 Å². The van der Waals surface area contributed by atoms with Crippen LogP contribution in [0, 0.1) is 5.92 Å². The van der Waals surface area contributed by atoms with Crippen molar-refractivity contribution in [1.82, 2.24) is 10.2 Å². The largest absolute Gasteiger partial charge is 0.497 e. The summed E-state index contributed by atoms with van der Waals surface area (Å²) >= 11 is 1.77. The van der Waals surface area contributed by atoms with Gasteiger partial charge in [-0.15, -0.1) is 11.3 Å². The lowest BCUT2D eigenvalue weighted by molar-refractivity contribution is -0.121. The third-order valence-electron chi connectivity index (χ3n) is 5.43. The third-order valence-corrected chi connectivity index (χ3v) is 6.37. The van der Waals surface area contributed by atoms with Crippen molar-refractivity contribution in [2.24, 2.45) is 5.92 Å². The Morgan fingerprint density at radius 3 is 2.81 bits per heavy atom. The highest BCUT2D eigenvalue weighted by atomic mass is 32.1. The van der Waals surface area contributed by atoms with Crippen molar-refractivity contribution in [1.29, 1.82) is 0 Å². The highest BCUT2D eigenvalue weighted by molar-refractivity contribution is 7.09. The van der Waals surface area contributed by atoms with Gasteiger partial charge < -0.3 is 10.1 Å². The molecule has 2 unspecified atom stereocenters. The van der Waals surface area contributed by atoms with Crippen LogP contribution in [0.1, 0.15) is 42.2 Å². The molecule has 1 N–H and O–H groups in total. The number of rotatable bonds is 8. The zero-order valence-corrected chi connectivity index (χ0v) is 17.1. The van der Waals surface area contributed by atoms with Crippen molar-refractivity contribution < 1.29 is 9.53 Å². The van der Waals surface area contributed by atoms with Crippen LogP contribution < -0.4 is 10.1 Å². The first kappa shape index (κ1) is 19.9. The monoisotopic (exact) mass is 386 g/mol. The Morgan fingerprint density at radius 2 is 2.11 bits per heavy atom. The molecule has 0 spiro atoms. The Hall–Kier alpha value is -1.85. The molecule has 1 saturated heterocycles. The third kappa shape index (κ3) is 5.56. The molecule has 0 bridgehead atoms. The molecule has 0 aliphatic carbocycles. The summed E-state index contributed by atoms with van der Waals surface area (Å²) in [6, 6.07) is 12.9. The van der Waals surface area contributed by atoms with E-state index in [1.807, 2.05) is 12.1 Å². The van der Waals surface area contributed by atoms with Gasteiger partial charge in [0.15, 0.2) is 0 Å². The molecule has 1 aliphatic rings. The number of likely N-dealkylation sites (tertiary alicyclic amines) is 1. The number of nitrogens with one attached hydrogen (secondary N) is 1. The summed E-state index contributed by atoms with van der Waals surface area (Å²) in [5.74, 6) is 1.50. The number of nitrogens with zero attached hydrogens (tertiary/aromatic N) is 1. The Morgan fingerprint density at radius 1 is 1.30 bits per heavy atom. The minimum atomic E-state index is 0.174. The molecule has 2 atom stereocenters. The number of thiophene rings is 1. The van der Waals surface area contributed by atoms with Crippen molar-refractivity contribution in [2.45, 2.75) is 38.1 Å². The van der Waals surface area contributed by atoms with E-state index < -0.39 is 0 Å². The summed E-state index contributed by atoms with van der Waals surface area (Å²) in [4.78, 5) is 16.1. The van der Waals surface area contributed by atoms with E-state index in [9.17, 15) is 4.79 Å². The summed E-state index contributed by atoms with van der Waals surface area (Å²) in [5, 5.41) is 5.28. The maximum absolute atomic E-state index is 12.3. The van der Waals surface area contributed by atoms with Crippen LogP contribution in [0.5, 0.6) is 5.75 Å². The second-order valence-electron chi connectivity index (χ2n) is 7.34. The summed E-state index contributed by atoms with van der Waals surface area (Å²) in [6.07, 6.45) is 4.84. The molecule has 2 heterocycles. The van der Waals surface area contributed by atoms with Gasteiger partial charge in [-0.1, -0.05) is 18.2 Å². The number of carbonyl (C=O) groups is 1. The summed E-state index contributed by atoms with van der Waals surface area (Å²) in [5.41, 5.74) is 1.30. The summed E-state index contributed by atoms with van der Waals surface area (Å²) in [7, 11) is 3.88. The van der Waals surface area contributed by atoms with Crippen molar-refractivity contribution in [3.05, 3.63) is 52.2 Å². The normalized spacial score (nSPS) is 20.4. The van der Waals surface area contributed by atoms with Crippen LogP contribution in [0.4, 0.5) is 0 Å². The number of carbonyl (C=O) groups excluding carboxylic acids is 1.